The summed E-state index contributed by atoms with van der Waals surface area (Å²) in [6, 6.07) is 0. The highest BCUT2D eigenvalue weighted by molar-refractivity contribution is 6.52. The molecule has 0 saturated heterocycles. The van der Waals surface area contributed by atoms with E-state index in [1.54, 1.807) is 0 Å². The molecule has 0 aromatic carbocycles. The van der Waals surface area contributed by atoms with Crippen molar-refractivity contribution >= 4 is 69.6 Å². The molecule has 24 heteroatoms. The average molecular weight is 684 g/mol. The lowest BCUT2D eigenvalue weighted by molar-refractivity contribution is -0.293. The number of aromatic nitrogens is 3. The maximum atomic E-state index is 14.1. The molecule has 0 fully saturated rings. The molecule has 0 radical (unpaired) electrons. The molecule has 0 unspecified atom stereocenters. The van der Waals surface area contributed by atoms with Gasteiger partial charge in [0.2, 0.25) is 13.0 Å². The summed E-state index contributed by atoms with van der Waals surface area (Å²) in [4.78, 5) is 0. The smallest absolute Gasteiger partial charge is 0.192 e. The molecule has 0 aliphatic rings. The van der Waals surface area contributed by atoms with E-state index >= 15 is 0 Å². The number of nitrogens with zero attached hydrogens (tertiary/aromatic N) is 3. The Morgan fingerprint density at radius 2 is 0.611 bits per heavy atom. The van der Waals surface area contributed by atoms with Gasteiger partial charge in [-0.25, -0.2) is 0 Å². The van der Waals surface area contributed by atoms with E-state index in [9.17, 15) is 65.9 Å². The maximum Gasteiger partial charge on any atom is 0.457 e. The fourth-order valence-corrected chi connectivity index (χ4v) is 3.58. The minimum absolute atomic E-state index is 2.14. The van der Waals surface area contributed by atoms with Gasteiger partial charge in [0.25, 0.3) is 0 Å². The van der Waals surface area contributed by atoms with E-state index in [2.05, 4.69) is 15.4 Å². The Hall–Kier alpha value is -0.300. The molecule has 210 valence electrons. The Morgan fingerprint density at radius 1 is 0.389 bits per heavy atom. The van der Waals surface area contributed by atoms with Crippen LogP contribution in [-0.4, -0.2) is 51.7 Å². The van der Waals surface area contributed by atoms with Gasteiger partial charge >= 0.3 is 36.3 Å². The number of halogens is 21. The summed E-state index contributed by atoms with van der Waals surface area (Å²) in [6.45, 7) is 0. The second kappa shape index (κ2) is 9.13. The normalized spacial score (nSPS) is 15.9. The van der Waals surface area contributed by atoms with Crippen molar-refractivity contribution in [2.45, 2.75) is 49.3 Å². The Bertz CT molecular complexity index is 930. The Kier molecular flexibility index (Phi) is 8.55. The molecule has 0 N–H and O–H groups in total. The predicted molar refractivity (Wildman–Crippen MR) is 93.0 cm³/mol. The standard InChI is InChI=1S/C12Cl6F15N3/c13-4(14,7(19,20)10(25,26)27)1-2(5(15,16)8(21,22)11(28,29)30)34-36-35-3(1)6(17,18)9(23,24)12(31,32)33. The quantitative estimate of drug-likeness (QED) is 0.224. The van der Waals surface area contributed by atoms with Crippen LogP contribution in [0.25, 0.3) is 0 Å². The van der Waals surface area contributed by atoms with Crippen LogP contribution in [0.5, 0.6) is 0 Å². The van der Waals surface area contributed by atoms with Gasteiger partial charge < -0.3 is 0 Å². The van der Waals surface area contributed by atoms with Gasteiger partial charge in [-0.2, -0.15) is 65.9 Å². The highest BCUT2D eigenvalue weighted by Gasteiger charge is 2.78. The van der Waals surface area contributed by atoms with Gasteiger partial charge in [-0.3, -0.25) is 0 Å². The Labute approximate surface area is 217 Å². The van der Waals surface area contributed by atoms with Crippen molar-refractivity contribution in [3.63, 3.8) is 0 Å². The zero-order valence-electron chi connectivity index (χ0n) is 15.3. The molecule has 0 atom stereocenters. The molecule has 36 heavy (non-hydrogen) atoms. The van der Waals surface area contributed by atoms with Crippen LogP contribution in [0.2, 0.25) is 0 Å². The number of hydrogen-bond acceptors (Lipinski definition) is 3. The zero-order chi connectivity index (χ0) is 29.4. The molecule has 0 bridgehead atoms. The van der Waals surface area contributed by atoms with E-state index in [0.29, 0.717) is 0 Å². The van der Waals surface area contributed by atoms with E-state index in [0.717, 1.165) is 0 Å². The van der Waals surface area contributed by atoms with Crippen LogP contribution in [-0.2, 0) is 13.0 Å². The monoisotopic (exact) mass is 681 g/mol. The van der Waals surface area contributed by atoms with Crippen LogP contribution in [0.1, 0.15) is 17.0 Å². The number of hydrogen-bond donors (Lipinski definition) is 0. The molecule has 0 aliphatic carbocycles. The minimum atomic E-state index is -7.02. The fourth-order valence-electron chi connectivity index (χ4n) is 2.05. The molecule has 1 aromatic rings. The lowest BCUT2D eigenvalue weighted by Crippen LogP contribution is -2.55. The van der Waals surface area contributed by atoms with Gasteiger partial charge in [-0.15, -0.1) is 10.2 Å². The van der Waals surface area contributed by atoms with Crippen LogP contribution >= 0.6 is 69.6 Å². The molecule has 0 amide bonds. The Balaban J connectivity index is 4.41. The van der Waals surface area contributed by atoms with Crippen molar-refractivity contribution < 1.29 is 65.9 Å². The molecule has 1 heterocycles. The first kappa shape index (κ1) is 33.7. The lowest BCUT2D eigenvalue weighted by atomic mass is 9.94. The molecule has 1 aromatic heterocycles. The van der Waals surface area contributed by atoms with Crippen molar-refractivity contribution in [1.82, 2.24) is 15.4 Å². The first-order valence-electron chi connectivity index (χ1n) is 7.57. The molecular weight excluding hydrogens is 684 g/mol. The first-order chi connectivity index (χ1) is 15.3. The van der Waals surface area contributed by atoms with Gasteiger partial charge in [-0.1, -0.05) is 69.6 Å². The fraction of sp³-hybridized carbons (Fsp3) is 0.750. The van der Waals surface area contributed by atoms with Crippen molar-refractivity contribution in [3.8, 4) is 0 Å². The summed E-state index contributed by atoms with van der Waals surface area (Å²) in [5.74, 6) is -20.1. The summed E-state index contributed by atoms with van der Waals surface area (Å²) >= 11 is 29.2. The molecule has 0 spiro atoms. The molecule has 1 rings (SSSR count). The number of alkyl halides is 21. The van der Waals surface area contributed by atoms with E-state index < -0.39 is 66.2 Å². The second-order valence-corrected chi connectivity index (χ2v) is 10.3. The van der Waals surface area contributed by atoms with Crippen molar-refractivity contribution in [2.75, 3.05) is 0 Å². The SMILES string of the molecule is FC(F)(F)C(F)(F)C(Cl)(Cl)c1nnnc(C(Cl)(Cl)C(F)(F)C(F)(F)F)c1C(Cl)(Cl)C(F)(F)C(F)(F)F. The summed E-state index contributed by atoms with van der Waals surface area (Å²) in [7, 11) is 0. The highest BCUT2D eigenvalue weighted by atomic mass is 35.5. The van der Waals surface area contributed by atoms with Gasteiger partial charge in [-0.05, 0) is 5.21 Å². The summed E-state index contributed by atoms with van der Waals surface area (Å²) in [6.07, 6.45) is -20.8. The van der Waals surface area contributed by atoms with Gasteiger partial charge in [0, 0.05) is 5.56 Å². The second-order valence-electron chi connectivity index (χ2n) is 6.30. The number of rotatable bonds is 6. The van der Waals surface area contributed by atoms with Crippen LogP contribution in [0.15, 0.2) is 0 Å². The van der Waals surface area contributed by atoms with Gasteiger partial charge in [0.15, 0.2) is 0 Å². The van der Waals surface area contributed by atoms with Crippen LogP contribution in [0.4, 0.5) is 65.9 Å². The van der Waals surface area contributed by atoms with Crippen molar-refractivity contribution in [3.05, 3.63) is 17.0 Å². The predicted octanol–water partition coefficient (Wildman–Crippen LogP) is 8.36. The first-order valence-corrected chi connectivity index (χ1v) is 9.83. The van der Waals surface area contributed by atoms with E-state index in [-0.39, 0.29) is 0 Å². The summed E-state index contributed by atoms with van der Waals surface area (Å²) < 4.78 is 184. The van der Waals surface area contributed by atoms with Gasteiger partial charge in [0.05, 0.1) is 0 Å². The average Bonchev–Trinajstić information content (AvgIpc) is 2.64. The van der Waals surface area contributed by atoms with Crippen molar-refractivity contribution in [1.29, 1.82) is 0 Å². The van der Waals surface area contributed by atoms with E-state index in [1.165, 1.54) is 0 Å². The summed E-state index contributed by atoms with van der Waals surface area (Å²) in [5, 5.41) is 6.53. The lowest BCUT2D eigenvalue weighted by Gasteiger charge is -2.39. The molecule has 3 nitrogen and oxygen atoms in total. The Morgan fingerprint density at radius 3 is 0.833 bits per heavy atom. The third-order valence-electron chi connectivity index (χ3n) is 3.92. The van der Waals surface area contributed by atoms with E-state index in [1.807, 2.05) is 0 Å². The maximum absolute atomic E-state index is 14.1. The summed E-state index contributed by atoms with van der Waals surface area (Å²) in [5.41, 5.74) is -9.03. The third kappa shape index (κ3) is 4.91. The third-order valence-corrected chi connectivity index (χ3v) is 6.44. The van der Waals surface area contributed by atoms with Crippen LogP contribution in [0, 0.1) is 0 Å². The van der Waals surface area contributed by atoms with Crippen molar-refractivity contribution in [2.24, 2.45) is 0 Å². The van der Waals surface area contributed by atoms with E-state index in [4.69, 9.17) is 69.6 Å². The van der Waals surface area contributed by atoms with Crippen LogP contribution < -0.4 is 0 Å². The van der Waals surface area contributed by atoms with Gasteiger partial charge in [0.1, 0.15) is 11.4 Å². The zero-order valence-corrected chi connectivity index (χ0v) is 19.8. The molecular formula is C12Cl6F15N3. The molecule has 0 aliphatic heterocycles. The highest BCUT2D eigenvalue weighted by Crippen LogP contribution is 2.64. The molecule has 0 saturated carbocycles. The largest absolute Gasteiger partial charge is 0.457 e. The minimum Gasteiger partial charge on any atom is -0.192 e. The van der Waals surface area contributed by atoms with Crippen LogP contribution in [0.3, 0.4) is 0 Å². The topological polar surface area (TPSA) is 38.7 Å².